The molecular formula is C17H26N2O2. The minimum atomic E-state index is -0.526. The van der Waals surface area contributed by atoms with Gasteiger partial charge < -0.3 is 15.3 Å². The van der Waals surface area contributed by atoms with Gasteiger partial charge in [-0.15, -0.1) is 0 Å². The van der Waals surface area contributed by atoms with Gasteiger partial charge in [-0.2, -0.15) is 0 Å². The van der Waals surface area contributed by atoms with E-state index >= 15 is 0 Å². The summed E-state index contributed by atoms with van der Waals surface area (Å²) in [5.41, 5.74) is 1.54. The Morgan fingerprint density at radius 2 is 2.10 bits per heavy atom. The van der Waals surface area contributed by atoms with Gasteiger partial charge in [0.25, 0.3) is 0 Å². The summed E-state index contributed by atoms with van der Waals surface area (Å²) in [6.07, 6.45) is 5.84. The first-order valence-corrected chi connectivity index (χ1v) is 7.86. The monoisotopic (exact) mass is 290 g/mol. The van der Waals surface area contributed by atoms with Gasteiger partial charge in [0.15, 0.2) is 0 Å². The Morgan fingerprint density at radius 1 is 1.38 bits per heavy atom. The van der Waals surface area contributed by atoms with Crippen LogP contribution in [0.15, 0.2) is 24.3 Å². The number of anilines is 1. The molecule has 0 heterocycles. The van der Waals surface area contributed by atoms with Gasteiger partial charge in [-0.05, 0) is 43.4 Å². The first-order chi connectivity index (χ1) is 10.1. The molecule has 1 atom stereocenters. The predicted octanol–water partition coefficient (Wildman–Crippen LogP) is 3.78. The third kappa shape index (κ3) is 4.74. The van der Waals surface area contributed by atoms with Crippen molar-refractivity contribution in [3.63, 3.8) is 0 Å². The highest BCUT2D eigenvalue weighted by Crippen LogP contribution is 2.24. The van der Waals surface area contributed by atoms with Crippen LogP contribution in [-0.4, -0.2) is 29.6 Å². The lowest BCUT2D eigenvalue weighted by Gasteiger charge is -2.27. The Balaban J connectivity index is 1.89. The van der Waals surface area contributed by atoms with Gasteiger partial charge in [-0.25, -0.2) is 4.79 Å². The molecule has 2 rings (SSSR count). The Labute approximate surface area is 127 Å². The Bertz CT molecular complexity index is 468. The lowest BCUT2D eigenvalue weighted by molar-refractivity contribution is 0.199. The number of carbonyl (C=O) groups excluding carboxylic acids is 1. The van der Waals surface area contributed by atoms with Crippen molar-refractivity contribution in [2.75, 3.05) is 18.9 Å². The molecule has 0 spiro atoms. The number of benzene rings is 1. The fourth-order valence-electron chi connectivity index (χ4n) is 2.94. The summed E-state index contributed by atoms with van der Waals surface area (Å²) in [6, 6.07) is 7.28. The highest BCUT2D eigenvalue weighted by molar-refractivity contribution is 5.89. The number of hydrogen-bond acceptors (Lipinski definition) is 2. The molecule has 1 aliphatic carbocycles. The Hall–Kier alpha value is -1.55. The molecule has 4 nitrogen and oxygen atoms in total. The predicted molar refractivity (Wildman–Crippen MR) is 85.3 cm³/mol. The Morgan fingerprint density at radius 3 is 2.76 bits per heavy atom. The molecular weight excluding hydrogens is 264 g/mol. The molecule has 1 aromatic carbocycles. The van der Waals surface area contributed by atoms with Crippen molar-refractivity contribution in [3.05, 3.63) is 29.8 Å². The second-order valence-electron chi connectivity index (χ2n) is 6.12. The van der Waals surface area contributed by atoms with E-state index in [9.17, 15) is 9.90 Å². The maximum absolute atomic E-state index is 12.2. The summed E-state index contributed by atoms with van der Waals surface area (Å²) in [5.74, 6) is 0.637. The van der Waals surface area contributed by atoms with Gasteiger partial charge >= 0.3 is 6.03 Å². The summed E-state index contributed by atoms with van der Waals surface area (Å²) in [6.45, 7) is 2.54. The molecule has 1 saturated carbocycles. The number of hydrogen-bond donors (Lipinski definition) is 2. The molecule has 2 amide bonds. The zero-order valence-corrected chi connectivity index (χ0v) is 13.0. The molecule has 0 bridgehead atoms. The lowest BCUT2D eigenvalue weighted by atomic mass is 9.89. The van der Waals surface area contributed by atoms with Crippen LogP contribution in [0.1, 0.15) is 50.7 Å². The number of aliphatic hydroxyl groups excluding tert-OH is 1. The molecule has 1 fully saturated rings. The maximum Gasteiger partial charge on any atom is 0.321 e. The van der Waals surface area contributed by atoms with E-state index in [1.54, 1.807) is 11.8 Å². The van der Waals surface area contributed by atoms with Gasteiger partial charge in [0, 0.05) is 19.3 Å². The average Bonchev–Trinajstić information content (AvgIpc) is 2.48. The number of nitrogens with one attached hydrogen (secondary N) is 1. The number of aliphatic hydroxyl groups is 1. The van der Waals surface area contributed by atoms with Crippen molar-refractivity contribution in [3.8, 4) is 0 Å². The van der Waals surface area contributed by atoms with Crippen molar-refractivity contribution in [2.24, 2.45) is 5.92 Å². The Kier molecular flexibility index (Phi) is 5.62. The summed E-state index contributed by atoms with van der Waals surface area (Å²) >= 11 is 0. The second kappa shape index (κ2) is 7.46. The quantitative estimate of drug-likeness (QED) is 0.886. The normalized spacial score (nSPS) is 17.3. The number of carbonyl (C=O) groups is 1. The highest BCUT2D eigenvalue weighted by Gasteiger charge is 2.18. The van der Waals surface area contributed by atoms with Gasteiger partial charge in [0.1, 0.15) is 0 Å². The zero-order chi connectivity index (χ0) is 15.2. The van der Waals surface area contributed by atoms with Crippen molar-refractivity contribution < 1.29 is 9.90 Å². The van der Waals surface area contributed by atoms with Crippen LogP contribution in [0.4, 0.5) is 10.5 Å². The van der Waals surface area contributed by atoms with E-state index in [1.165, 1.54) is 32.1 Å². The topological polar surface area (TPSA) is 52.6 Å². The van der Waals surface area contributed by atoms with E-state index in [2.05, 4.69) is 5.32 Å². The number of amides is 2. The molecule has 0 saturated heterocycles. The summed E-state index contributed by atoms with van der Waals surface area (Å²) < 4.78 is 0. The van der Waals surface area contributed by atoms with Crippen LogP contribution in [-0.2, 0) is 0 Å². The van der Waals surface area contributed by atoms with Crippen LogP contribution in [0.5, 0.6) is 0 Å². The molecule has 0 aliphatic heterocycles. The van der Waals surface area contributed by atoms with Crippen molar-refractivity contribution in [2.45, 2.75) is 45.1 Å². The van der Waals surface area contributed by atoms with Crippen molar-refractivity contribution in [1.82, 2.24) is 4.90 Å². The van der Waals surface area contributed by atoms with Gasteiger partial charge in [0.2, 0.25) is 0 Å². The summed E-state index contributed by atoms with van der Waals surface area (Å²) in [7, 11) is 1.85. The summed E-state index contributed by atoms with van der Waals surface area (Å²) in [5, 5.41) is 12.5. The first kappa shape index (κ1) is 15.8. The molecule has 116 valence electrons. The smallest absolute Gasteiger partial charge is 0.321 e. The first-order valence-electron chi connectivity index (χ1n) is 7.86. The number of nitrogens with zero attached hydrogens (tertiary/aromatic N) is 1. The van der Waals surface area contributed by atoms with Crippen LogP contribution in [0.25, 0.3) is 0 Å². The molecule has 0 radical (unpaired) electrons. The molecule has 1 aliphatic rings. The van der Waals surface area contributed by atoms with E-state index in [-0.39, 0.29) is 6.03 Å². The third-order valence-electron chi connectivity index (χ3n) is 4.22. The molecule has 1 aromatic rings. The SMILES string of the molecule is CC(O)c1cccc(NC(=O)N(C)CC2CCCCC2)c1. The van der Waals surface area contributed by atoms with E-state index in [1.807, 2.05) is 31.3 Å². The molecule has 2 N–H and O–H groups in total. The molecule has 21 heavy (non-hydrogen) atoms. The third-order valence-corrected chi connectivity index (χ3v) is 4.22. The van der Waals surface area contributed by atoms with E-state index in [0.29, 0.717) is 5.92 Å². The molecule has 1 unspecified atom stereocenters. The fourth-order valence-corrected chi connectivity index (χ4v) is 2.94. The van der Waals surface area contributed by atoms with E-state index < -0.39 is 6.10 Å². The average molecular weight is 290 g/mol. The van der Waals surface area contributed by atoms with Gasteiger partial charge in [0.05, 0.1) is 6.10 Å². The zero-order valence-electron chi connectivity index (χ0n) is 13.0. The van der Waals surface area contributed by atoms with Crippen molar-refractivity contribution >= 4 is 11.7 Å². The number of urea groups is 1. The second-order valence-corrected chi connectivity index (χ2v) is 6.12. The van der Waals surface area contributed by atoms with Crippen molar-refractivity contribution in [1.29, 1.82) is 0 Å². The van der Waals surface area contributed by atoms with Crippen LogP contribution >= 0.6 is 0 Å². The largest absolute Gasteiger partial charge is 0.389 e. The maximum atomic E-state index is 12.2. The molecule has 4 heteroatoms. The van der Waals surface area contributed by atoms with Crippen LogP contribution in [0.3, 0.4) is 0 Å². The lowest BCUT2D eigenvalue weighted by Crippen LogP contribution is -2.35. The van der Waals surface area contributed by atoms with Gasteiger partial charge in [-0.1, -0.05) is 31.4 Å². The highest BCUT2D eigenvalue weighted by atomic mass is 16.3. The fraction of sp³-hybridized carbons (Fsp3) is 0.588. The standard InChI is InChI=1S/C17H26N2O2/c1-13(20)15-9-6-10-16(11-15)18-17(21)19(2)12-14-7-4-3-5-8-14/h6,9-11,13-14,20H,3-5,7-8,12H2,1-2H3,(H,18,21). The van der Waals surface area contributed by atoms with Crippen LogP contribution in [0.2, 0.25) is 0 Å². The minimum Gasteiger partial charge on any atom is -0.389 e. The number of rotatable bonds is 4. The minimum absolute atomic E-state index is 0.0803. The van der Waals surface area contributed by atoms with Crippen LogP contribution < -0.4 is 5.32 Å². The van der Waals surface area contributed by atoms with Gasteiger partial charge in [-0.3, -0.25) is 0 Å². The molecule has 0 aromatic heterocycles. The van der Waals surface area contributed by atoms with Crippen LogP contribution in [0, 0.1) is 5.92 Å². The summed E-state index contributed by atoms with van der Waals surface area (Å²) in [4.78, 5) is 14.0. The van der Waals surface area contributed by atoms with E-state index in [4.69, 9.17) is 0 Å². The van der Waals surface area contributed by atoms with E-state index in [0.717, 1.165) is 17.8 Å².